The molecule has 0 amide bonds. The molecule has 1 aromatic rings. The van der Waals surface area contributed by atoms with Gasteiger partial charge in [-0.2, -0.15) is 0 Å². The highest BCUT2D eigenvalue weighted by molar-refractivity contribution is 5.58. The molecular weight excluding hydrogens is 222 g/mol. The van der Waals surface area contributed by atoms with Gasteiger partial charge in [0.1, 0.15) is 0 Å². The Balaban J connectivity index is 1.96. The quantitative estimate of drug-likeness (QED) is 0.832. The maximum Gasteiger partial charge on any atom is 0.0389 e. The summed E-state index contributed by atoms with van der Waals surface area (Å²) in [6.45, 7) is 5.63. The van der Waals surface area contributed by atoms with Gasteiger partial charge in [-0.05, 0) is 63.5 Å². The van der Waals surface area contributed by atoms with Gasteiger partial charge in [-0.25, -0.2) is 0 Å². The minimum Gasteiger partial charge on any atom is -0.399 e. The van der Waals surface area contributed by atoms with E-state index in [0.29, 0.717) is 0 Å². The van der Waals surface area contributed by atoms with Crippen molar-refractivity contribution in [3.8, 4) is 0 Å². The van der Waals surface area contributed by atoms with Gasteiger partial charge in [0.2, 0.25) is 0 Å². The maximum absolute atomic E-state index is 5.93. The van der Waals surface area contributed by atoms with Crippen LogP contribution in [-0.4, -0.2) is 38.6 Å². The Hall–Kier alpha value is -1.22. The highest BCUT2D eigenvalue weighted by Crippen LogP contribution is 2.26. The van der Waals surface area contributed by atoms with Crippen molar-refractivity contribution < 1.29 is 0 Å². The van der Waals surface area contributed by atoms with E-state index in [1.807, 2.05) is 6.07 Å². The van der Waals surface area contributed by atoms with E-state index in [1.165, 1.54) is 30.6 Å². The molecule has 0 aliphatic carbocycles. The molecule has 0 bridgehead atoms. The van der Waals surface area contributed by atoms with E-state index in [2.05, 4.69) is 43.0 Å². The molecule has 18 heavy (non-hydrogen) atoms. The Labute approximate surface area is 111 Å². The molecule has 1 aliphatic rings. The van der Waals surface area contributed by atoms with Gasteiger partial charge in [-0.3, -0.25) is 0 Å². The fourth-order valence-electron chi connectivity index (χ4n) is 2.86. The number of hydrogen-bond acceptors (Lipinski definition) is 3. The fraction of sp³-hybridized carbons (Fsp3) is 0.600. The van der Waals surface area contributed by atoms with Gasteiger partial charge >= 0.3 is 0 Å². The van der Waals surface area contributed by atoms with E-state index in [9.17, 15) is 0 Å². The van der Waals surface area contributed by atoms with Crippen molar-refractivity contribution in [2.75, 3.05) is 44.4 Å². The standard InChI is InChI=1S/C15H25N3/c1-12-8-14(16)10-15(9-12)18-6-4-13(5-7-18)11-17(2)3/h8-10,13H,4-7,11,16H2,1-3H3. The zero-order chi connectivity index (χ0) is 13.1. The lowest BCUT2D eigenvalue weighted by atomic mass is 9.96. The van der Waals surface area contributed by atoms with Gasteiger partial charge in [0, 0.05) is 31.0 Å². The summed E-state index contributed by atoms with van der Waals surface area (Å²) < 4.78 is 0. The number of nitrogens with zero attached hydrogens (tertiary/aromatic N) is 2. The smallest absolute Gasteiger partial charge is 0.0389 e. The highest BCUT2D eigenvalue weighted by Gasteiger charge is 2.20. The summed E-state index contributed by atoms with van der Waals surface area (Å²) in [5, 5.41) is 0. The van der Waals surface area contributed by atoms with Crippen molar-refractivity contribution in [2.24, 2.45) is 5.92 Å². The average molecular weight is 247 g/mol. The van der Waals surface area contributed by atoms with Gasteiger partial charge in [0.05, 0.1) is 0 Å². The maximum atomic E-state index is 5.93. The Morgan fingerprint density at radius 2 is 1.89 bits per heavy atom. The summed E-state index contributed by atoms with van der Waals surface area (Å²) in [6.07, 6.45) is 2.57. The first-order valence-electron chi connectivity index (χ1n) is 6.81. The number of hydrogen-bond donors (Lipinski definition) is 1. The molecule has 2 N–H and O–H groups in total. The van der Waals surface area contributed by atoms with Crippen LogP contribution in [0.2, 0.25) is 0 Å². The van der Waals surface area contributed by atoms with Crippen molar-refractivity contribution in [1.29, 1.82) is 0 Å². The lowest BCUT2D eigenvalue weighted by molar-refractivity contribution is 0.285. The topological polar surface area (TPSA) is 32.5 Å². The molecule has 3 heteroatoms. The lowest BCUT2D eigenvalue weighted by Crippen LogP contribution is -2.37. The summed E-state index contributed by atoms with van der Waals surface area (Å²) >= 11 is 0. The summed E-state index contributed by atoms with van der Waals surface area (Å²) in [5.41, 5.74) is 9.34. The first-order valence-corrected chi connectivity index (χ1v) is 6.81. The van der Waals surface area contributed by atoms with E-state index >= 15 is 0 Å². The van der Waals surface area contributed by atoms with Crippen molar-refractivity contribution >= 4 is 11.4 Å². The molecule has 0 atom stereocenters. The van der Waals surface area contributed by atoms with Crippen molar-refractivity contribution in [2.45, 2.75) is 19.8 Å². The summed E-state index contributed by atoms with van der Waals surface area (Å²) in [7, 11) is 4.32. The average Bonchev–Trinajstić information content (AvgIpc) is 2.27. The Morgan fingerprint density at radius 1 is 1.22 bits per heavy atom. The predicted molar refractivity (Wildman–Crippen MR) is 79.1 cm³/mol. The first-order chi connectivity index (χ1) is 8.54. The summed E-state index contributed by atoms with van der Waals surface area (Å²) in [4.78, 5) is 4.76. The van der Waals surface area contributed by atoms with Gasteiger partial charge < -0.3 is 15.5 Å². The molecule has 1 aromatic carbocycles. The van der Waals surface area contributed by atoms with Crippen LogP contribution >= 0.6 is 0 Å². The number of piperidine rings is 1. The molecule has 1 fully saturated rings. The zero-order valence-corrected chi connectivity index (χ0v) is 11.8. The largest absolute Gasteiger partial charge is 0.399 e. The molecular formula is C15H25N3. The molecule has 0 saturated carbocycles. The van der Waals surface area contributed by atoms with Crippen LogP contribution in [0, 0.1) is 12.8 Å². The van der Waals surface area contributed by atoms with E-state index < -0.39 is 0 Å². The number of benzene rings is 1. The highest BCUT2D eigenvalue weighted by atomic mass is 15.1. The number of anilines is 2. The van der Waals surface area contributed by atoms with Gasteiger partial charge in [0.25, 0.3) is 0 Å². The number of aryl methyl sites for hydroxylation is 1. The molecule has 1 saturated heterocycles. The van der Waals surface area contributed by atoms with E-state index in [4.69, 9.17) is 5.73 Å². The van der Waals surface area contributed by atoms with Crippen LogP contribution in [0.3, 0.4) is 0 Å². The normalized spacial score (nSPS) is 17.4. The zero-order valence-electron chi connectivity index (χ0n) is 11.8. The second-order valence-corrected chi connectivity index (χ2v) is 5.79. The van der Waals surface area contributed by atoms with Crippen molar-refractivity contribution in [3.63, 3.8) is 0 Å². The minimum absolute atomic E-state index is 0.846. The first kappa shape index (κ1) is 13.2. The Morgan fingerprint density at radius 3 is 2.44 bits per heavy atom. The van der Waals surface area contributed by atoms with Gasteiger partial charge in [-0.15, -0.1) is 0 Å². The third kappa shape index (κ3) is 3.39. The van der Waals surface area contributed by atoms with E-state index in [-0.39, 0.29) is 0 Å². The SMILES string of the molecule is Cc1cc(N)cc(N2CCC(CN(C)C)CC2)c1. The summed E-state index contributed by atoms with van der Waals surface area (Å²) in [5.74, 6) is 0.846. The molecule has 3 nitrogen and oxygen atoms in total. The van der Waals surface area contributed by atoms with Crippen LogP contribution in [0.1, 0.15) is 18.4 Å². The predicted octanol–water partition coefficient (Wildman–Crippen LogP) is 2.36. The molecule has 0 aromatic heterocycles. The fourth-order valence-corrected chi connectivity index (χ4v) is 2.86. The van der Waals surface area contributed by atoms with Gasteiger partial charge in [-0.1, -0.05) is 0 Å². The van der Waals surface area contributed by atoms with E-state index in [1.54, 1.807) is 0 Å². The molecule has 1 heterocycles. The summed E-state index contributed by atoms with van der Waals surface area (Å²) in [6, 6.07) is 6.37. The third-order valence-electron chi connectivity index (χ3n) is 3.69. The second kappa shape index (κ2) is 5.61. The minimum atomic E-state index is 0.846. The number of nitrogens with two attached hydrogens (primary N) is 1. The van der Waals surface area contributed by atoms with Crippen LogP contribution in [-0.2, 0) is 0 Å². The third-order valence-corrected chi connectivity index (χ3v) is 3.69. The molecule has 100 valence electrons. The molecule has 0 spiro atoms. The van der Waals surface area contributed by atoms with Gasteiger partial charge in [0.15, 0.2) is 0 Å². The second-order valence-electron chi connectivity index (χ2n) is 5.79. The van der Waals surface area contributed by atoms with Crippen LogP contribution < -0.4 is 10.6 Å². The Kier molecular flexibility index (Phi) is 4.12. The molecule has 0 radical (unpaired) electrons. The van der Waals surface area contributed by atoms with Crippen LogP contribution in [0.15, 0.2) is 18.2 Å². The van der Waals surface area contributed by atoms with Crippen molar-refractivity contribution in [3.05, 3.63) is 23.8 Å². The van der Waals surface area contributed by atoms with Crippen LogP contribution in [0.4, 0.5) is 11.4 Å². The molecule has 2 rings (SSSR count). The van der Waals surface area contributed by atoms with Crippen LogP contribution in [0.25, 0.3) is 0 Å². The molecule has 1 aliphatic heterocycles. The van der Waals surface area contributed by atoms with Crippen molar-refractivity contribution in [1.82, 2.24) is 4.90 Å². The number of nitrogen functional groups attached to an aromatic ring is 1. The lowest BCUT2D eigenvalue weighted by Gasteiger charge is -2.35. The monoisotopic (exact) mass is 247 g/mol. The van der Waals surface area contributed by atoms with E-state index in [0.717, 1.165) is 24.7 Å². The molecule has 0 unspecified atom stereocenters. The van der Waals surface area contributed by atoms with Crippen LogP contribution in [0.5, 0.6) is 0 Å². The Bertz CT molecular complexity index is 372. The number of rotatable bonds is 3.